The van der Waals surface area contributed by atoms with Gasteiger partial charge in [-0.1, -0.05) is 12.8 Å². The van der Waals surface area contributed by atoms with E-state index in [-0.39, 0.29) is 11.1 Å². The molecule has 1 saturated carbocycles. The maximum atomic E-state index is 10.9. The van der Waals surface area contributed by atoms with Crippen LogP contribution in [0.4, 0.5) is 0 Å². The Balaban J connectivity index is 2.43. The fraction of sp³-hybridized carbons (Fsp3) is 0.385. The highest BCUT2D eigenvalue weighted by atomic mass is 16.4. The topological polar surface area (TPSA) is 74.6 Å². The molecule has 1 aromatic carbocycles. The van der Waals surface area contributed by atoms with E-state index in [1.165, 1.54) is 6.07 Å². The van der Waals surface area contributed by atoms with Crippen molar-refractivity contribution in [3.05, 3.63) is 34.9 Å². The van der Waals surface area contributed by atoms with Crippen LogP contribution >= 0.6 is 0 Å². The quantitative estimate of drug-likeness (QED) is 0.843. The summed E-state index contributed by atoms with van der Waals surface area (Å²) in [6, 6.07) is 4.42. The molecule has 0 radical (unpaired) electrons. The number of hydrogen-bond donors (Lipinski definition) is 2. The van der Waals surface area contributed by atoms with Crippen molar-refractivity contribution in [2.75, 3.05) is 0 Å². The molecule has 0 aliphatic heterocycles. The zero-order valence-electron chi connectivity index (χ0n) is 9.35. The molecule has 0 unspecified atom stereocenters. The Hall–Kier alpha value is -1.84. The maximum Gasteiger partial charge on any atom is 0.335 e. The molecule has 90 valence electrons. The summed E-state index contributed by atoms with van der Waals surface area (Å²) in [6.07, 6.45) is 4.29. The summed E-state index contributed by atoms with van der Waals surface area (Å²) < 4.78 is 0. The predicted octanol–water partition coefficient (Wildman–Crippen LogP) is 2.74. The first-order chi connectivity index (χ1) is 8.08. The smallest absolute Gasteiger partial charge is 0.335 e. The molecule has 1 aliphatic carbocycles. The van der Waals surface area contributed by atoms with Gasteiger partial charge >= 0.3 is 11.9 Å². The van der Waals surface area contributed by atoms with Gasteiger partial charge in [0, 0.05) is 0 Å². The van der Waals surface area contributed by atoms with Gasteiger partial charge in [-0.2, -0.15) is 0 Å². The third kappa shape index (κ3) is 2.46. The molecule has 1 fully saturated rings. The number of benzene rings is 1. The van der Waals surface area contributed by atoms with Crippen LogP contribution in [-0.4, -0.2) is 22.2 Å². The lowest BCUT2D eigenvalue weighted by atomic mass is 9.94. The Morgan fingerprint density at radius 1 is 0.941 bits per heavy atom. The molecule has 2 N–H and O–H groups in total. The summed E-state index contributed by atoms with van der Waals surface area (Å²) >= 11 is 0. The summed E-state index contributed by atoms with van der Waals surface area (Å²) in [6.45, 7) is 0. The molecular formula is C13H14O4. The van der Waals surface area contributed by atoms with Crippen LogP contribution in [0.2, 0.25) is 0 Å². The summed E-state index contributed by atoms with van der Waals surface area (Å²) in [4.78, 5) is 21.9. The first-order valence-corrected chi connectivity index (χ1v) is 5.69. The minimum atomic E-state index is -1.08. The fourth-order valence-electron chi connectivity index (χ4n) is 2.39. The van der Waals surface area contributed by atoms with Gasteiger partial charge in [-0.3, -0.25) is 0 Å². The molecule has 1 aliphatic rings. The lowest BCUT2D eigenvalue weighted by Crippen LogP contribution is -2.05. The van der Waals surface area contributed by atoms with Crippen molar-refractivity contribution < 1.29 is 19.8 Å². The number of hydrogen-bond acceptors (Lipinski definition) is 2. The molecule has 0 spiro atoms. The fourth-order valence-corrected chi connectivity index (χ4v) is 2.39. The zero-order chi connectivity index (χ0) is 12.4. The molecule has 17 heavy (non-hydrogen) atoms. The Kier molecular flexibility index (Phi) is 3.13. The lowest BCUT2D eigenvalue weighted by molar-refractivity contribution is 0.0696. The highest BCUT2D eigenvalue weighted by Crippen LogP contribution is 2.34. The van der Waals surface area contributed by atoms with E-state index in [2.05, 4.69) is 0 Å². The van der Waals surface area contributed by atoms with Crippen molar-refractivity contribution in [2.45, 2.75) is 31.6 Å². The lowest BCUT2D eigenvalue weighted by Gasteiger charge is -2.11. The molecule has 4 heteroatoms. The largest absolute Gasteiger partial charge is 0.478 e. The third-order valence-corrected chi connectivity index (χ3v) is 3.28. The van der Waals surface area contributed by atoms with Gasteiger partial charge in [-0.05, 0) is 42.5 Å². The molecule has 0 amide bonds. The predicted molar refractivity (Wildman–Crippen MR) is 61.6 cm³/mol. The van der Waals surface area contributed by atoms with E-state index in [1.807, 2.05) is 0 Å². The summed E-state index contributed by atoms with van der Waals surface area (Å²) in [5.74, 6) is -1.84. The van der Waals surface area contributed by atoms with Crippen LogP contribution in [0.25, 0.3) is 0 Å². The monoisotopic (exact) mass is 234 g/mol. The first-order valence-electron chi connectivity index (χ1n) is 5.69. The SMILES string of the molecule is O=C(O)c1cc(C(=O)O)cc(C2CCCC2)c1. The average Bonchev–Trinajstić information content (AvgIpc) is 2.81. The third-order valence-electron chi connectivity index (χ3n) is 3.28. The van der Waals surface area contributed by atoms with Crippen molar-refractivity contribution in [1.29, 1.82) is 0 Å². The first kappa shape index (κ1) is 11.6. The Bertz CT molecular complexity index is 426. The van der Waals surface area contributed by atoms with Gasteiger partial charge in [0.25, 0.3) is 0 Å². The standard InChI is InChI=1S/C13H14O4/c14-12(15)10-5-9(8-3-1-2-4-8)6-11(7-10)13(16)17/h5-8H,1-4H2,(H,14,15)(H,16,17). The van der Waals surface area contributed by atoms with Crippen molar-refractivity contribution in [2.24, 2.45) is 0 Å². The molecular weight excluding hydrogens is 220 g/mol. The van der Waals surface area contributed by atoms with Crippen LogP contribution < -0.4 is 0 Å². The van der Waals surface area contributed by atoms with Gasteiger partial charge < -0.3 is 10.2 Å². The number of carboxylic acid groups (broad SMARTS) is 2. The van der Waals surface area contributed by atoms with E-state index in [9.17, 15) is 9.59 Å². The van der Waals surface area contributed by atoms with Crippen LogP contribution in [0.1, 0.15) is 57.9 Å². The van der Waals surface area contributed by atoms with E-state index >= 15 is 0 Å². The van der Waals surface area contributed by atoms with E-state index in [0.717, 1.165) is 31.2 Å². The number of aromatic carboxylic acids is 2. The summed E-state index contributed by atoms with van der Waals surface area (Å²) in [5, 5.41) is 17.9. The second-order valence-corrected chi connectivity index (χ2v) is 4.44. The van der Waals surface area contributed by atoms with Crippen LogP contribution in [0.3, 0.4) is 0 Å². The summed E-state index contributed by atoms with van der Waals surface area (Å²) in [5.41, 5.74) is 0.971. The van der Waals surface area contributed by atoms with Crippen molar-refractivity contribution in [3.8, 4) is 0 Å². The van der Waals surface area contributed by atoms with Gasteiger partial charge in [-0.25, -0.2) is 9.59 Å². The Morgan fingerprint density at radius 2 is 1.41 bits per heavy atom. The van der Waals surface area contributed by atoms with E-state index in [1.54, 1.807) is 12.1 Å². The van der Waals surface area contributed by atoms with Crippen molar-refractivity contribution in [1.82, 2.24) is 0 Å². The normalized spacial score (nSPS) is 16.0. The van der Waals surface area contributed by atoms with Gasteiger partial charge in [0.05, 0.1) is 11.1 Å². The molecule has 0 saturated heterocycles. The van der Waals surface area contributed by atoms with Crippen LogP contribution in [0.15, 0.2) is 18.2 Å². The highest BCUT2D eigenvalue weighted by molar-refractivity contribution is 5.94. The molecule has 0 aromatic heterocycles. The maximum absolute atomic E-state index is 10.9. The Labute approximate surface area is 98.9 Å². The molecule has 1 aromatic rings. The molecule has 0 heterocycles. The zero-order valence-corrected chi connectivity index (χ0v) is 9.35. The average molecular weight is 234 g/mol. The number of rotatable bonds is 3. The van der Waals surface area contributed by atoms with Gasteiger partial charge in [0.15, 0.2) is 0 Å². The second kappa shape index (κ2) is 4.57. The van der Waals surface area contributed by atoms with Crippen molar-refractivity contribution in [3.63, 3.8) is 0 Å². The van der Waals surface area contributed by atoms with E-state index in [4.69, 9.17) is 10.2 Å². The highest BCUT2D eigenvalue weighted by Gasteiger charge is 2.20. The van der Waals surface area contributed by atoms with Gasteiger partial charge in [-0.15, -0.1) is 0 Å². The van der Waals surface area contributed by atoms with Crippen LogP contribution in [0, 0.1) is 0 Å². The van der Waals surface area contributed by atoms with E-state index in [0.29, 0.717) is 5.92 Å². The van der Waals surface area contributed by atoms with Gasteiger partial charge in [0.2, 0.25) is 0 Å². The molecule has 0 atom stereocenters. The molecule has 2 rings (SSSR count). The van der Waals surface area contributed by atoms with Crippen LogP contribution in [-0.2, 0) is 0 Å². The van der Waals surface area contributed by atoms with Gasteiger partial charge in [0.1, 0.15) is 0 Å². The Morgan fingerprint density at radius 3 is 1.82 bits per heavy atom. The minimum Gasteiger partial charge on any atom is -0.478 e. The van der Waals surface area contributed by atoms with Crippen molar-refractivity contribution >= 4 is 11.9 Å². The summed E-state index contributed by atoms with van der Waals surface area (Å²) in [7, 11) is 0. The second-order valence-electron chi connectivity index (χ2n) is 4.44. The number of carbonyl (C=O) groups is 2. The van der Waals surface area contributed by atoms with E-state index < -0.39 is 11.9 Å². The number of carboxylic acids is 2. The van der Waals surface area contributed by atoms with Crippen LogP contribution in [0.5, 0.6) is 0 Å². The molecule has 4 nitrogen and oxygen atoms in total. The molecule has 0 bridgehead atoms. The minimum absolute atomic E-state index is 0.0619.